The van der Waals surface area contributed by atoms with E-state index in [1.807, 2.05) is 0 Å². The highest BCUT2D eigenvalue weighted by molar-refractivity contribution is 5.81. The van der Waals surface area contributed by atoms with E-state index in [-0.39, 0.29) is 5.97 Å². The van der Waals surface area contributed by atoms with Gasteiger partial charge in [-0.3, -0.25) is 0 Å². The van der Waals surface area contributed by atoms with Gasteiger partial charge in [-0.25, -0.2) is 4.79 Å². The van der Waals surface area contributed by atoms with Gasteiger partial charge >= 0.3 is 5.97 Å². The lowest BCUT2D eigenvalue weighted by molar-refractivity contribution is -0.138. The summed E-state index contributed by atoms with van der Waals surface area (Å²) in [5.41, 5.74) is 0. The minimum absolute atomic E-state index is 0.286. The highest BCUT2D eigenvalue weighted by Crippen LogP contribution is 2.66. The predicted octanol–water partition coefficient (Wildman–Crippen LogP) is 2.17. The molecule has 1 heterocycles. The average Bonchev–Trinajstić information content (AvgIpc) is 2.77. The molecule has 18 heavy (non-hydrogen) atoms. The fraction of sp³-hybridized carbons (Fsp3) is 0.800. The summed E-state index contributed by atoms with van der Waals surface area (Å²) in [6, 6.07) is 0. The van der Waals surface area contributed by atoms with Crippen LogP contribution < -0.4 is 0 Å². The van der Waals surface area contributed by atoms with E-state index in [4.69, 9.17) is 9.47 Å². The van der Waals surface area contributed by atoms with Crippen LogP contribution in [0.15, 0.2) is 12.7 Å². The van der Waals surface area contributed by atoms with Gasteiger partial charge in [0, 0.05) is 6.08 Å². The molecule has 0 aromatic rings. The molecule has 98 valence electrons. The van der Waals surface area contributed by atoms with Gasteiger partial charge in [-0.05, 0) is 55.3 Å². The first-order valence-corrected chi connectivity index (χ1v) is 7.22. The van der Waals surface area contributed by atoms with Crippen LogP contribution in [0.2, 0.25) is 0 Å². The van der Waals surface area contributed by atoms with E-state index in [0.29, 0.717) is 18.8 Å². The minimum atomic E-state index is -0.286. The second-order valence-electron chi connectivity index (χ2n) is 6.43. The Kier molecular flexibility index (Phi) is 2.35. The first-order valence-electron chi connectivity index (χ1n) is 7.22. The third-order valence-corrected chi connectivity index (χ3v) is 5.78. The maximum atomic E-state index is 11.0. The van der Waals surface area contributed by atoms with Crippen molar-refractivity contribution in [3.05, 3.63) is 12.7 Å². The van der Waals surface area contributed by atoms with E-state index in [9.17, 15) is 4.79 Å². The summed E-state index contributed by atoms with van der Waals surface area (Å²) in [7, 11) is 0. The van der Waals surface area contributed by atoms with E-state index in [1.165, 1.54) is 25.3 Å². The quantitative estimate of drug-likeness (QED) is 0.435. The van der Waals surface area contributed by atoms with Crippen molar-refractivity contribution >= 4 is 5.97 Å². The minimum Gasteiger partial charge on any atom is -0.463 e. The Hall–Kier alpha value is -0.830. The number of fused-ring (bicyclic) bond motifs is 7. The molecule has 0 amide bonds. The summed E-state index contributed by atoms with van der Waals surface area (Å²) in [6.45, 7) is 3.99. The number of rotatable bonds is 4. The van der Waals surface area contributed by atoms with Crippen molar-refractivity contribution in [2.45, 2.75) is 37.9 Å². The molecule has 1 saturated heterocycles. The third-order valence-electron chi connectivity index (χ3n) is 5.78. The zero-order chi connectivity index (χ0) is 12.3. The Bertz CT molecular complexity index is 391. The Morgan fingerprint density at radius 1 is 1.33 bits per heavy atom. The molecule has 7 atom stereocenters. The molecule has 1 aliphatic heterocycles. The van der Waals surface area contributed by atoms with Crippen LogP contribution in [0.4, 0.5) is 0 Å². The monoisotopic (exact) mass is 248 g/mol. The number of hydrogen-bond acceptors (Lipinski definition) is 3. The summed E-state index contributed by atoms with van der Waals surface area (Å²) in [4.78, 5) is 11.0. The lowest BCUT2D eigenvalue weighted by atomic mass is 9.74. The fourth-order valence-corrected chi connectivity index (χ4v) is 5.17. The standard InChI is InChI=1S/C15H20O3/c1-2-13(16)17-4-3-8-5-9-6-10(8)11-7-12-15(18-12)14(9)11/h2,8-12,14-15H,1,3-7H2. The van der Waals surface area contributed by atoms with Crippen LogP contribution in [0.5, 0.6) is 0 Å². The van der Waals surface area contributed by atoms with Crippen LogP contribution in [-0.4, -0.2) is 24.8 Å². The topological polar surface area (TPSA) is 38.8 Å². The van der Waals surface area contributed by atoms with Crippen molar-refractivity contribution in [3.8, 4) is 0 Å². The largest absolute Gasteiger partial charge is 0.463 e. The maximum Gasteiger partial charge on any atom is 0.330 e. The van der Waals surface area contributed by atoms with E-state index in [2.05, 4.69) is 6.58 Å². The first kappa shape index (κ1) is 11.0. The van der Waals surface area contributed by atoms with Crippen LogP contribution in [0, 0.1) is 29.6 Å². The van der Waals surface area contributed by atoms with Crippen molar-refractivity contribution in [3.63, 3.8) is 0 Å². The van der Waals surface area contributed by atoms with Gasteiger partial charge in [-0.1, -0.05) is 6.58 Å². The highest BCUT2D eigenvalue weighted by atomic mass is 16.6. The van der Waals surface area contributed by atoms with Gasteiger partial charge in [0.2, 0.25) is 0 Å². The number of carbonyl (C=O) groups excluding carboxylic acids is 1. The SMILES string of the molecule is C=CC(=O)OCCC1CC2CC1C1CC3OC3C21. The van der Waals surface area contributed by atoms with Gasteiger partial charge in [0.05, 0.1) is 18.8 Å². The molecule has 0 spiro atoms. The van der Waals surface area contributed by atoms with E-state index < -0.39 is 0 Å². The van der Waals surface area contributed by atoms with Gasteiger partial charge in [0.15, 0.2) is 0 Å². The highest BCUT2D eigenvalue weighted by Gasteiger charge is 2.66. The third kappa shape index (κ3) is 1.49. The van der Waals surface area contributed by atoms with Crippen LogP contribution >= 0.6 is 0 Å². The van der Waals surface area contributed by atoms with Crippen LogP contribution in [0.3, 0.4) is 0 Å². The van der Waals surface area contributed by atoms with Crippen molar-refractivity contribution in [1.82, 2.24) is 0 Å². The van der Waals surface area contributed by atoms with Crippen molar-refractivity contribution < 1.29 is 14.3 Å². The summed E-state index contributed by atoms with van der Waals surface area (Å²) in [6.07, 6.45) is 7.58. The van der Waals surface area contributed by atoms with Crippen LogP contribution in [-0.2, 0) is 14.3 Å². The van der Waals surface area contributed by atoms with Crippen LogP contribution in [0.25, 0.3) is 0 Å². The normalized spacial score (nSPS) is 50.8. The Balaban J connectivity index is 1.33. The number of ether oxygens (including phenoxy) is 2. The van der Waals surface area contributed by atoms with Gasteiger partial charge in [-0.2, -0.15) is 0 Å². The fourth-order valence-electron chi connectivity index (χ4n) is 5.17. The molecule has 3 nitrogen and oxygen atoms in total. The lowest BCUT2D eigenvalue weighted by Gasteiger charge is -2.32. The molecule has 3 heteroatoms. The van der Waals surface area contributed by atoms with E-state index in [0.717, 1.165) is 36.0 Å². The van der Waals surface area contributed by atoms with E-state index >= 15 is 0 Å². The van der Waals surface area contributed by atoms with Gasteiger partial charge in [-0.15, -0.1) is 0 Å². The summed E-state index contributed by atoms with van der Waals surface area (Å²) in [5.74, 6) is 4.09. The molecule has 2 bridgehead atoms. The molecule has 4 aliphatic rings. The first-order chi connectivity index (χ1) is 8.78. The number of carbonyl (C=O) groups is 1. The van der Waals surface area contributed by atoms with Crippen molar-refractivity contribution in [1.29, 1.82) is 0 Å². The number of esters is 1. The van der Waals surface area contributed by atoms with Crippen LogP contribution in [0.1, 0.15) is 25.7 Å². The Morgan fingerprint density at radius 3 is 3.06 bits per heavy atom. The molecule has 0 N–H and O–H groups in total. The van der Waals surface area contributed by atoms with Gasteiger partial charge in [0.25, 0.3) is 0 Å². The molecule has 4 rings (SSSR count). The molecule has 0 aromatic carbocycles. The summed E-state index contributed by atoms with van der Waals surface area (Å²) in [5, 5.41) is 0. The second-order valence-corrected chi connectivity index (χ2v) is 6.43. The zero-order valence-electron chi connectivity index (χ0n) is 10.6. The van der Waals surface area contributed by atoms with Gasteiger partial charge < -0.3 is 9.47 Å². The molecule has 0 radical (unpaired) electrons. The number of hydrogen-bond donors (Lipinski definition) is 0. The van der Waals surface area contributed by atoms with Gasteiger partial charge in [0.1, 0.15) is 0 Å². The molecule has 3 saturated carbocycles. The Labute approximate surface area is 108 Å². The summed E-state index contributed by atoms with van der Waals surface area (Å²) < 4.78 is 10.8. The molecule has 0 aromatic heterocycles. The molecule has 4 fully saturated rings. The lowest BCUT2D eigenvalue weighted by Crippen LogP contribution is -2.28. The maximum absolute atomic E-state index is 11.0. The molecule has 7 unspecified atom stereocenters. The smallest absolute Gasteiger partial charge is 0.330 e. The molecular weight excluding hydrogens is 228 g/mol. The Morgan fingerprint density at radius 2 is 2.22 bits per heavy atom. The average molecular weight is 248 g/mol. The molecule has 3 aliphatic carbocycles. The summed E-state index contributed by atoms with van der Waals surface area (Å²) >= 11 is 0. The van der Waals surface area contributed by atoms with Crippen molar-refractivity contribution in [2.75, 3.05) is 6.61 Å². The number of epoxide rings is 1. The zero-order valence-corrected chi connectivity index (χ0v) is 10.6. The second kappa shape index (κ2) is 3.83. The van der Waals surface area contributed by atoms with Crippen molar-refractivity contribution in [2.24, 2.45) is 29.6 Å². The predicted molar refractivity (Wildman–Crippen MR) is 65.7 cm³/mol. The molecular formula is C15H20O3. The van der Waals surface area contributed by atoms with E-state index in [1.54, 1.807) is 0 Å².